The van der Waals surface area contributed by atoms with Crippen LogP contribution >= 0.6 is 0 Å². The van der Waals surface area contributed by atoms with Gasteiger partial charge in [0.25, 0.3) is 5.91 Å². The van der Waals surface area contributed by atoms with E-state index in [2.05, 4.69) is 18.3 Å². The average molecular weight is 383 g/mol. The van der Waals surface area contributed by atoms with Gasteiger partial charge in [-0.15, -0.1) is 0 Å². The van der Waals surface area contributed by atoms with Crippen LogP contribution in [0.4, 0.5) is 0 Å². The quantitative estimate of drug-likeness (QED) is 0.854. The summed E-state index contributed by atoms with van der Waals surface area (Å²) in [6.07, 6.45) is -0.0412. The van der Waals surface area contributed by atoms with Gasteiger partial charge in [-0.3, -0.25) is 4.79 Å². The summed E-state index contributed by atoms with van der Waals surface area (Å²) in [7, 11) is 1.91. The van der Waals surface area contributed by atoms with Crippen molar-refractivity contribution in [3.63, 3.8) is 0 Å². The second-order valence-corrected chi connectivity index (χ2v) is 7.58. The molecule has 1 heterocycles. The van der Waals surface area contributed by atoms with Gasteiger partial charge in [-0.2, -0.15) is 0 Å². The van der Waals surface area contributed by atoms with Crippen LogP contribution in [0.3, 0.4) is 0 Å². The Bertz CT molecular complexity index is 808. The van der Waals surface area contributed by atoms with Gasteiger partial charge in [-0.05, 0) is 36.7 Å². The number of fused-ring (bicyclic) bond motifs is 3. The molecule has 5 heteroatoms. The van der Waals surface area contributed by atoms with Gasteiger partial charge >= 0.3 is 0 Å². The van der Waals surface area contributed by atoms with E-state index in [4.69, 9.17) is 4.74 Å². The van der Waals surface area contributed by atoms with Gasteiger partial charge in [0.05, 0.1) is 25.4 Å². The standard InChI is InChI=1S/C23H30N2O3/c1-16-13-25(17(2)14-26)23(27)21-11-7-6-10-20(21)19-9-5-4-8-18(19)15-28-22(16)12-24-3/h4-11,16-17,22,24,26H,12-15H2,1-3H3/t16-,17-,22-/m1/s1. The largest absolute Gasteiger partial charge is 0.394 e. The lowest BCUT2D eigenvalue weighted by molar-refractivity contribution is -0.00645. The van der Waals surface area contributed by atoms with Crippen molar-refractivity contribution in [2.45, 2.75) is 32.6 Å². The smallest absolute Gasteiger partial charge is 0.254 e. The van der Waals surface area contributed by atoms with Crippen molar-refractivity contribution in [1.82, 2.24) is 10.2 Å². The summed E-state index contributed by atoms with van der Waals surface area (Å²) in [6.45, 7) is 5.62. The van der Waals surface area contributed by atoms with Gasteiger partial charge in [0.2, 0.25) is 0 Å². The van der Waals surface area contributed by atoms with Crippen LogP contribution in [-0.4, -0.2) is 54.8 Å². The number of carbonyl (C=O) groups excluding carboxylic acids is 1. The fourth-order valence-corrected chi connectivity index (χ4v) is 3.78. The minimum Gasteiger partial charge on any atom is -0.394 e. The predicted octanol–water partition coefficient (Wildman–Crippen LogP) is 2.93. The molecule has 3 rings (SSSR count). The summed E-state index contributed by atoms with van der Waals surface area (Å²) < 4.78 is 6.30. The number of nitrogens with one attached hydrogen (secondary N) is 1. The molecule has 1 amide bonds. The van der Waals surface area contributed by atoms with Crippen molar-refractivity contribution in [2.75, 3.05) is 26.7 Å². The fourth-order valence-electron chi connectivity index (χ4n) is 3.78. The molecule has 28 heavy (non-hydrogen) atoms. The van der Waals surface area contributed by atoms with Gasteiger partial charge in [0, 0.05) is 24.6 Å². The van der Waals surface area contributed by atoms with Crippen LogP contribution in [0, 0.1) is 5.92 Å². The SMILES string of the molecule is CNC[C@H]1OCc2ccccc2-c2ccccc2C(=O)N([C@H](C)CO)C[C@H]1C. The highest BCUT2D eigenvalue weighted by molar-refractivity contribution is 6.01. The predicted molar refractivity (Wildman–Crippen MR) is 111 cm³/mol. The molecule has 0 saturated heterocycles. The number of benzene rings is 2. The molecule has 0 aromatic heterocycles. The second kappa shape index (κ2) is 9.32. The van der Waals surface area contributed by atoms with Gasteiger partial charge in [-0.25, -0.2) is 0 Å². The number of ether oxygens (including phenoxy) is 1. The number of amides is 1. The number of aliphatic hydroxyl groups is 1. The van der Waals surface area contributed by atoms with E-state index in [-0.39, 0.29) is 30.6 Å². The third-order valence-electron chi connectivity index (χ3n) is 5.50. The Balaban J connectivity index is 2.14. The highest BCUT2D eigenvalue weighted by Crippen LogP contribution is 2.30. The number of rotatable bonds is 4. The molecule has 2 N–H and O–H groups in total. The number of hydrogen-bond acceptors (Lipinski definition) is 4. The zero-order chi connectivity index (χ0) is 20.1. The van der Waals surface area contributed by atoms with E-state index in [1.165, 1.54) is 0 Å². The van der Waals surface area contributed by atoms with Crippen molar-refractivity contribution in [3.05, 3.63) is 59.7 Å². The lowest BCUT2D eigenvalue weighted by atomic mass is 9.94. The summed E-state index contributed by atoms with van der Waals surface area (Å²) in [5.74, 6) is 0.0618. The van der Waals surface area contributed by atoms with Crippen LogP contribution in [0.25, 0.3) is 11.1 Å². The maximum absolute atomic E-state index is 13.5. The molecule has 0 fully saturated rings. The molecule has 2 aromatic rings. The summed E-state index contributed by atoms with van der Waals surface area (Å²) in [4.78, 5) is 15.3. The molecule has 5 nitrogen and oxygen atoms in total. The third kappa shape index (κ3) is 4.27. The Morgan fingerprint density at radius 1 is 1.14 bits per heavy atom. The highest BCUT2D eigenvalue weighted by Gasteiger charge is 2.29. The maximum Gasteiger partial charge on any atom is 0.254 e. The lowest BCUT2D eigenvalue weighted by Crippen LogP contribution is -2.46. The van der Waals surface area contributed by atoms with E-state index < -0.39 is 0 Å². The molecule has 0 saturated carbocycles. The lowest BCUT2D eigenvalue weighted by Gasteiger charge is -2.33. The fraction of sp³-hybridized carbons (Fsp3) is 0.435. The Labute approximate surface area is 167 Å². The molecule has 0 unspecified atom stereocenters. The number of nitrogens with zero attached hydrogens (tertiary/aromatic N) is 1. The van der Waals surface area contributed by atoms with Crippen LogP contribution in [0.1, 0.15) is 29.8 Å². The minimum atomic E-state index is -0.269. The number of aliphatic hydroxyl groups excluding tert-OH is 1. The first-order valence-electron chi connectivity index (χ1n) is 9.92. The molecule has 0 radical (unpaired) electrons. The first kappa shape index (κ1) is 20.5. The summed E-state index contributed by atoms with van der Waals surface area (Å²) in [5, 5.41) is 13.0. The number of hydrogen-bond donors (Lipinski definition) is 2. The minimum absolute atomic E-state index is 0.0412. The molecule has 3 atom stereocenters. The van der Waals surface area contributed by atoms with Crippen molar-refractivity contribution < 1.29 is 14.6 Å². The summed E-state index contributed by atoms with van der Waals surface area (Å²) in [6, 6.07) is 15.5. The number of likely N-dealkylation sites (N-methyl/N-ethyl adjacent to an activating group) is 1. The van der Waals surface area contributed by atoms with E-state index >= 15 is 0 Å². The Morgan fingerprint density at radius 3 is 2.46 bits per heavy atom. The van der Waals surface area contributed by atoms with Crippen molar-refractivity contribution in [2.24, 2.45) is 5.92 Å². The normalized spacial score (nSPS) is 21.4. The maximum atomic E-state index is 13.5. The van der Waals surface area contributed by atoms with Crippen molar-refractivity contribution in [3.8, 4) is 11.1 Å². The van der Waals surface area contributed by atoms with Crippen LogP contribution in [0.15, 0.2) is 48.5 Å². The average Bonchev–Trinajstić information content (AvgIpc) is 2.74. The zero-order valence-corrected chi connectivity index (χ0v) is 16.9. The molecular weight excluding hydrogens is 352 g/mol. The third-order valence-corrected chi connectivity index (χ3v) is 5.50. The van der Waals surface area contributed by atoms with E-state index in [1.54, 1.807) is 4.90 Å². The first-order chi connectivity index (χ1) is 13.6. The zero-order valence-electron chi connectivity index (χ0n) is 16.9. The monoisotopic (exact) mass is 382 g/mol. The molecule has 0 spiro atoms. The van der Waals surface area contributed by atoms with Crippen molar-refractivity contribution in [1.29, 1.82) is 0 Å². The first-order valence-corrected chi connectivity index (χ1v) is 9.92. The highest BCUT2D eigenvalue weighted by atomic mass is 16.5. The van der Waals surface area contributed by atoms with Crippen LogP contribution in [0.2, 0.25) is 0 Å². The van der Waals surface area contributed by atoms with E-state index in [0.29, 0.717) is 25.3 Å². The number of carbonyl (C=O) groups is 1. The molecule has 1 aliphatic heterocycles. The van der Waals surface area contributed by atoms with Crippen molar-refractivity contribution >= 4 is 5.91 Å². The summed E-state index contributed by atoms with van der Waals surface area (Å²) >= 11 is 0. The van der Waals surface area contributed by atoms with Gasteiger partial charge in [-0.1, -0.05) is 49.4 Å². The molecular formula is C23H30N2O3. The molecule has 2 aromatic carbocycles. The van der Waals surface area contributed by atoms with Crippen LogP contribution in [-0.2, 0) is 11.3 Å². The molecule has 1 aliphatic rings. The Kier molecular flexibility index (Phi) is 6.83. The second-order valence-electron chi connectivity index (χ2n) is 7.58. The summed E-state index contributed by atoms with van der Waals surface area (Å²) in [5.41, 5.74) is 3.65. The van der Waals surface area contributed by atoms with E-state index in [1.807, 2.05) is 56.4 Å². The van der Waals surface area contributed by atoms with E-state index in [0.717, 1.165) is 16.7 Å². The van der Waals surface area contributed by atoms with Gasteiger partial charge in [0.15, 0.2) is 0 Å². The van der Waals surface area contributed by atoms with Crippen LogP contribution < -0.4 is 5.32 Å². The molecule has 150 valence electrons. The topological polar surface area (TPSA) is 61.8 Å². The van der Waals surface area contributed by atoms with Gasteiger partial charge in [0.1, 0.15) is 0 Å². The Morgan fingerprint density at radius 2 is 1.79 bits per heavy atom. The van der Waals surface area contributed by atoms with Gasteiger partial charge < -0.3 is 20.1 Å². The molecule has 0 aliphatic carbocycles. The Hall–Kier alpha value is -2.21. The van der Waals surface area contributed by atoms with Crippen LogP contribution in [0.5, 0.6) is 0 Å². The van der Waals surface area contributed by atoms with E-state index in [9.17, 15) is 9.90 Å². The molecule has 0 bridgehead atoms.